The van der Waals surface area contributed by atoms with Crippen LogP contribution in [0.25, 0.3) is 0 Å². The van der Waals surface area contributed by atoms with Gasteiger partial charge in [-0.2, -0.15) is 0 Å². The van der Waals surface area contributed by atoms with E-state index in [0.717, 1.165) is 0 Å². The molecule has 0 unspecified atom stereocenters. The second-order valence-corrected chi connectivity index (χ2v) is 1.64. The van der Waals surface area contributed by atoms with Gasteiger partial charge in [0.1, 0.15) is 13.2 Å². The van der Waals surface area contributed by atoms with E-state index in [0.29, 0.717) is 0 Å². The second-order valence-electron chi connectivity index (χ2n) is 1.64. The predicted octanol–water partition coefficient (Wildman–Crippen LogP) is -0.153. The summed E-state index contributed by atoms with van der Waals surface area (Å²) in [7, 11) is 0. The van der Waals surface area contributed by atoms with E-state index < -0.39 is 5.97 Å². The molecule has 1 amide bonds. The summed E-state index contributed by atoms with van der Waals surface area (Å²) < 4.78 is 4.41. The molecule has 0 rings (SSSR count). The third-order valence-corrected chi connectivity index (χ3v) is 0.731. The summed E-state index contributed by atoms with van der Waals surface area (Å²) in [6.07, 6.45) is 0. The lowest BCUT2D eigenvalue weighted by Gasteiger charge is -1.99. The van der Waals surface area contributed by atoms with E-state index in [1.165, 1.54) is 13.5 Å². The molecule has 0 aliphatic rings. The van der Waals surface area contributed by atoms with Gasteiger partial charge in [0.15, 0.2) is 0 Å². The van der Waals surface area contributed by atoms with Gasteiger partial charge >= 0.3 is 5.97 Å². The van der Waals surface area contributed by atoms with Crippen molar-refractivity contribution in [2.24, 2.45) is 0 Å². The Labute approximate surface area is 59.6 Å². The van der Waals surface area contributed by atoms with Crippen molar-refractivity contribution < 1.29 is 14.3 Å². The maximum Gasteiger partial charge on any atom is 0.325 e. The predicted molar refractivity (Wildman–Crippen MR) is 34.7 cm³/mol. The quantitative estimate of drug-likeness (QED) is 0.560. The first-order valence-electron chi connectivity index (χ1n) is 2.88. The molecule has 57 valence electrons. The smallest absolute Gasteiger partial charge is 0.325 e. The third kappa shape index (κ3) is 5.08. The van der Waals surface area contributed by atoms with Crippen molar-refractivity contribution in [1.82, 2.24) is 5.32 Å². The highest BCUT2D eigenvalue weighted by Crippen LogP contribution is 1.79. The molecule has 1 N–H and O–H groups in total. The first-order valence-corrected chi connectivity index (χ1v) is 2.88. The van der Waals surface area contributed by atoms with E-state index in [4.69, 9.17) is 0 Å². The lowest BCUT2D eigenvalue weighted by atomic mass is 10.6. The van der Waals surface area contributed by atoms with Crippen LogP contribution in [-0.2, 0) is 14.3 Å². The molecule has 0 aromatic heterocycles. The maximum absolute atomic E-state index is 10.5. The van der Waals surface area contributed by atoms with E-state index in [-0.39, 0.29) is 12.5 Å². The molecule has 4 heteroatoms. The first-order chi connectivity index (χ1) is 4.66. The van der Waals surface area contributed by atoms with Gasteiger partial charge in [0.2, 0.25) is 5.91 Å². The fourth-order valence-electron chi connectivity index (χ4n) is 0.370. The molecule has 0 heterocycles. The SMILES string of the molecule is C[CH]OC(=O)CNC(C)=O. The molecular weight excluding hydrogens is 134 g/mol. The highest BCUT2D eigenvalue weighted by molar-refractivity contribution is 5.80. The second kappa shape index (κ2) is 4.78. The number of ether oxygens (including phenoxy) is 1. The molecular formula is C6H10NO3. The molecule has 0 saturated carbocycles. The third-order valence-electron chi connectivity index (χ3n) is 0.731. The first kappa shape index (κ1) is 8.94. The zero-order valence-electron chi connectivity index (χ0n) is 6.01. The number of carbonyl (C=O) groups excluding carboxylic acids is 2. The molecule has 0 bridgehead atoms. The zero-order chi connectivity index (χ0) is 7.98. The van der Waals surface area contributed by atoms with E-state index >= 15 is 0 Å². The van der Waals surface area contributed by atoms with Crippen LogP contribution in [0.5, 0.6) is 0 Å². The molecule has 0 aliphatic heterocycles. The number of amides is 1. The van der Waals surface area contributed by atoms with Crippen LogP contribution in [0, 0.1) is 6.61 Å². The Kier molecular flexibility index (Phi) is 4.28. The molecule has 0 saturated heterocycles. The van der Waals surface area contributed by atoms with Crippen LogP contribution >= 0.6 is 0 Å². The maximum atomic E-state index is 10.5. The van der Waals surface area contributed by atoms with Crippen LogP contribution in [0.2, 0.25) is 0 Å². The minimum atomic E-state index is -0.460. The van der Waals surface area contributed by atoms with E-state index in [1.807, 2.05) is 0 Å². The van der Waals surface area contributed by atoms with Crippen molar-refractivity contribution in [1.29, 1.82) is 0 Å². The molecule has 0 spiro atoms. The van der Waals surface area contributed by atoms with E-state index in [2.05, 4.69) is 10.1 Å². The minimum Gasteiger partial charge on any atom is -0.457 e. The average Bonchev–Trinajstić information content (AvgIpc) is 1.85. The van der Waals surface area contributed by atoms with Crippen LogP contribution in [0.1, 0.15) is 13.8 Å². The van der Waals surface area contributed by atoms with Gasteiger partial charge in [0, 0.05) is 6.92 Å². The molecule has 1 radical (unpaired) electrons. The summed E-state index contributed by atoms with van der Waals surface area (Å²) >= 11 is 0. The zero-order valence-corrected chi connectivity index (χ0v) is 6.01. The van der Waals surface area contributed by atoms with Crippen LogP contribution in [0.3, 0.4) is 0 Å². The molecule has 0 atom stereocenters. The number of esters is 1. The van der Waals surface area contributed by atoms with Gasteiger partial charge < -0.3 is 10.1 Å². The summed E-state index contributed by atoms with van der Waals surface area (Å²) in [6.45, 7) is 4.12. The van der Waals surface area contributed by atoms with E-state index in [1.54, 1.807) is 6.92 Å². The Balaban J connectivity index is 3.30. The Bertz CT molecular complexity index is 133. The number of hydrogen-bond donors (Lipinski definition) is 1. The number of rotatable bonds is 3. The van der Waals surface area contributed by atoms with Gasteiger partial charge in [0.25, 0.3) is 0 Å². The normalized spacial score (nSPS) is 8.60. The summed E-state index contributed by atoms with van der Waals surface area (Å²) in [5.74, 6) is -0.703. The van der Waals surface area contributed by atoms with Crippen LogP contribution in [0.15, 0.2) is 0 Å². The molecule has 4 nitrogen and oxygen atoms in total. The lowest BCUT2D eigenvalue weighted by molar-refractivity contribution is -0.140. The molecule has 0 aromatic carbocycles. The number of carbonyl (C=O) groups is 2. The van der Waals surface area contributed by atoms with Crippen LogP contribution in [0.4, 0.5) is 0 Å². The molecule has 0 aliphatic carbocycles. The monoisotopic (exact) mass is 144 g/mol. The van der Waals surface area contributed by atoms with E-state index in [9.17, 15) is 9.59 Å². The Morgan fingerprint density at radius 2 is 2.20 bits per heavy atom. The summed E-state index contributed by atoms with van der Waals surface area (Å²) in [6, 6.07) is 0. The van der Waals surface area contributed by atoms with Crippen molar-refractivity contribution in [3.8, 4) is 0 Å². The van der Waals surface area contributed by atoms with Gasteiger partial charge in [-0.05, 0) is 6.92 Å². The van der Waals surface area contributed by atoms with Gasteiger partial charge in [-0.1, -0.05) is 0 Å². The fraction of sp³-hybridized carbons (Fsp3) is 0.500. The summed E-state index contributed by atoms with van der Waals surface area (Å²) in [5.41, 5.74) is 0. The highest BCUT2D eigenvalue weighted by atomic mass is 16.5. The summed E-state index contributed by atoms with van der Waals surface area (Å²) in [5, 5.41) is 2.30. The molecule has 0 fully saturated rings. The van der Waals surface area contributed by atoms with Gasteiger partial charge in [-0.15, -0.1) is 0 Å². The van der Waals surface area contributed by atoms with Gasteiger partial charge in [0.05, 0.1) is 0 Å². The summed E-state index contributed by atoms with van der Waals surface area (Å²) in [4.78, 5) is 20.7. The highest BCUT2D eigenvalue weighted by Gasteiger charge is 2.00. The molecule has 10 heavy (non-hydrogen) atoms. The van der Waals surface area contributed by atoms with Gasteiger partial charge in [-0.25, -0.2) is 0 Å². The van der Waals surface area contributed by atoms with Crippen molar-refractivity contribution in [2.75, 3.05) is 6.54 Å². The standard InChI is InChI=1S/C6H10NO3/c1-3-10-6(9)4-7-5(2)8/h3H,4H2,1-2H3,(H,7,8). The lowest BCUT2D eigenvalue weighted by Crippen LogP contribution is -2.27. The van der Waals surface area contributed by atoms with Crippen LogP contribution in [-0.4, -0.2) is 18.4 Å². The Hall–Kier alpha value is -1.06. The average molecular weight is 144 g/mol. The largest absolute Gasteiger partial charge is 0.457 e. The minimum absolute atomic E-state index is 0.0698. The van der Waals surface area contributed by atoms with Crippen molar-refractivity contribution >= 4 is 11.9 Å². The fourth-order valence-corrected chi connectivity index (χ4v) is 0.370. The van der Waals surface area contributed by atoms with Crippen molar-refractivity contribution in [3.63, 3.8) is 0 Å². The molecule has 0 aromatic rings. The Morgan fingerprint density at radius 3 is 2.60 bits per heavy atom. The Morgan fingerprint density at radius 1 is 1.60 bits per heavy atom. The number of hydrogen-bond acceptors (Lipinski definition) is 3. The number of nitrogens with one attached hydrogen (secondary N) is 1. The topological polar surface area (TPSA) is 55.4 Å². The van der Waals surface area contributed by atoms with Crippen molar-refractivity contribution in [3.05, 3.63) is 6.61 Å². The van der Waals surface area contributed by atoms with Crippen molar-refractivity contribution in [2.45, 2.75) is 13.8 Å². The van der Waals surface area contributed by atoms with Crippen LogP contribution < -0.4 is 5.32 Å². The van der Waals surface area contributed by atoms with Gasteiger partial charge in [-0.3, -0.25) is 9.59 Å².